The van der Waals surface area contributed by atoms with E-state index in [4.69, 9.17) is 5.11 Å². The molecule has 0 radical (unpaired) electrons. The largest absolute Gasteiger partial charge is 0.396 e. The Kier molecular flexibility index (Phi) is 6.95. The van der Waals surface area contributed by atoms with Crippen molar-refractivity contribution in [2.24, 2.45) is 5.92 Å². The van der Waals surface area contributed by atoms with Gasteiger partial charge in [0.05, 0.1) is 5.75 Å². The highest BCUT2D eigenvalue weighted by Crippen LogP contribution is 2.21. The number of nitrogens with one attached hydrogen (secondary N) is 1. The van der Waals surface area contributed by atoms with Crippen LogP contribution in [0.1, 0.15) is 25.0 Å². The molecular formula is C15H23NO2S. The highest BCUT2D eigenvalue weighted by Gasteiger charge is 2.09. The number of anilines is 1. The topological polar surface area (TPSA) is 49.3 Å². The fraction of sp³-hybridized carbons (Fsp3) is 0.533. The van der Waals surface area contributed by atoms with Gasteiger partial charge in [0.15, 0.2) is 0 Å². The first kappa shape index (κ1) is 16.1. The molecule has 0 fully saturated rings. The Bertz CT molecular complexity index is 421. The highest BCUT2D eigenvalue weighted by molar-refractivity contribution is 7.99. The highest BCUT2D eigenvalue weighted by atomic mass is 32.2. The van der Waals surface area contributed by atoms with Crippen LogP contribution in [-0.2, 0) is 11.2 Å². The van der Waals surface area contributed by atoms with Gasteiger partial charge in [-0.25, -0.2) is 0 Å². The monoisotopic (exact) mass is 281 g/mol. The predicted molar refractivity (Wildman–Crippen MR) is 82.8 cm³/mol. The van der Waals surface area contributed by atoms with Gasteiger partial charge >= 0.3 is 0 Å². The molecule has 1 aromatic carbocycles. The van der Waals surface area contributed by atoms with Crippen molar-refractivity contribution < 1.29 is 9.90 Å². The first-order chi connectivity index (χ1) is 9.08. The van der Waals surface area contributed by atoms with Crippen molar-refractivity contribution in [3.8, 4) is 0 Å². The van der Waals surface area contributed by atoms with Gasteiger partial charge in [0.2, 0.25) is 5.91 Å². The number of aryl methyl sites for hydroxylation is 2. The van der Waals surface area contributed by atoms with Crippen molar-refractivity contribution in [2.45, 2.75) is 27.2 Å². The van der Waals surface area contributed by atoms with Gasteiger partial charge in [0.1, 0.15) is 0 Å². The lowest BCUT2D eigenvalue weighted by molar-refractivity contribution is -0.113. The number of amides is 1. The molecule has 106 valence electrons. The molecule has 0 aliphatic heterocycles. The SMILES string of the molecule is CCc1cccc(C)c1NC(=O)CSCC(C)CO. The van der Waals surface area contributed by atoms with Crippen LogP contribution in [0.4, 0.5) is 5.69 Å². The van der Waals surface area contributed by atoms with Gasteiger partial charge in [0, 0.05) is 12.3 Å². The van der Waals surface area contributed by atoms with E-state index >= 15 is 0 Å². The number of hydrogen-bond donors (Lipinski definition) is 2. The lowest BCUT2D eigenvalue weighted by atomic mass is 10.1. The molecule has 3 nitrogen and oxygen atoms in total. The quantitative estimate of drug-likeness (QED) is 0.808. The van der Waals surface area contributed by atoms with Gasteiger partial charge in [-0.2, -0.15) is 11.8 Å². The summed E-state index contributed by atoms with van der Waals surface area (Å²) in [6.45, 7) is 6.24. The van der Waals surface area contributed by atoms with E-state index in [0.717, 1.165) is 23.4 Å². The van der Waals surface area contributed by atoms with Crippen LogP contribution in [0, 0.1) is 12.8 Å². The summed E-state index contributed by atoms with van der Waals surface area (Å²) in [5.74, 6) is 1.50. The summed E-state index contributed by atoms with van der Waals surface area (Å²) in [5.41, 5.74) is 3.22. The maximum Gasteiger partial charge on any atom is 0.234 e. The molecule has 0 heterocycles. The molecule has 0 saturated carbocycles. The summed E-state index contributed by atoms with van der Waals surface area (Å²) in [4.78, 5) is 11.9. The molecule has 4 heteroatoms. The van der Waals surface area contributed by atoms with Crippen molar-refractivity contribution >= 4 is 23.4 Å². The zero-order valence-electron chi connectivity index (χ0n) is 11.9. The second-order valence-corrected chi connectivity index (χ2v) is 5.84. The van der Waals surface area contributed by atoms with Gasteiger partial charge in [-0.05, 0) is 36.1 Å². The van der Waals surface area contributed by atoms with E-state index in [1.807, 2.05) is 32.0 Å². The standard InChI is InChI=1S/C15H23NO2S/c1-4-13-7-5-6-12(3)15(13)16-14(18)10-19-9-11(2)8-17/h5-7,11,17H,4,8-10H2,1-3H3,(H,16,18). The number of benzene rings is 1. The van der Waals surface area contributed by atoms with Crippen molar-refractivity contribution in [2.75, 3.05) is 23.4 Å². The van der Waals surface area contributed by atoms with Crippen molar-refractivity contribution in [1.29, 1.82) is 0 Å². The maximum atomic E-state index is 11.9. The number of aliphatic hydroxyl groups excluding tert-OH is 1. The normalized spacial score (nSPS) is 12.2. The van der Waals surface area contributed by atoms with Crippen LogP contribution in [0.2, 0.25) is 0 Å². The third-order valence-electron chi connectivity index (χ3n) is 2.95. The summed E-state index contributed by atoms with van der Waals surface area (Å²) in [6.07, 6.45) is 0.909. The fourth-order valence-electron chi connectivity index (χ4n) is 1.78. The van der Waals surface area contributed by atoms with Crippen LogP contribution in [0.5, 0.6) is 0 Å². The zero-order valence-corrected chi connectivity index (χ0v) is 12.7. The maximum absolute atomic E-state index is 11.9. The Hall–Kier alpha value is -1.000. The summed E-state index contributed by atoms with van der Waals surface area (Å²) in [6, 6.07) is 6.07. The van der Waals surface area contributed by atoms with Gasteiger partial charge < -0.3 is 10.4 Å². The predicted octanol–water partition coefficient (Wildman–Crippen LogP) is 2.86. The third-order valence-corrected chi connectivity index (χ3v) is 4.22. The van der Waals surface area contributed by atoms with E-state index in [2.05, 4.69) is 12.2 Å². The summed E-state index contributed by atoms with van der Waals surface area (Å²) >= 11 is 1.56. The van der Waals surface area contributed by atoms with Crippen LogP contribution in [0.3, 0.4) is 0 Å². The first-order valence-corrected chi connectivity index (χ1v) is 7.80. The molecule has 0 spiro atoms. The molecule has 0 saturated heterocycles. The van der Waals surface area contributed by atoms with Gasteiger partial charge in [0.25, 0.3) is 0 Å². The minimum atomic E-state index is 0.0270. The number of aliphatic hydroxyl groups is 1. The number of carbonyl (C=O) groups excluding carboxylic acids is 1. The molecule has 1 unspecified atom stereocenters. The van der Waals surface area contributed by atoms with E-state index in [9.17, 15) is 4.79 Å². The molecule has 0 aliphatic rings. The third kappa shape index (κ3) is 5.25. The van der Waals surface area contributed by atoms with Gasteiger partial charge in [-0.3, -0.25) is 4.79 Å². The fourth-order valence-corrected chi connectivity index (χ4v) is 2.67. The van der Waals surface area contributed by atoms with Crippen molar-refractivity contribution in [3.63, 3.8) is 0 Å². The number of rotatable bonds is 7. The van der Waals surface area contributed by atoms with E-state index in [1.165, 1.54) is 5.56 Å². The zero-order chi connectivity index (χ0) is 14.3. The number of thioether (sulfide) groups is 1. The van der Waals surface area contributed by atoms with E-state index in [0.29, 0.717) is 5.75 Å². The van der Waals surface area contributed by atoms with Crippen LogP contribution in [-0.4, -0.2) is 29.1 Å². The van der Waals surface area contributed by atoms with Crippen LogP contribution >= 0.6 is 11.8 Å². The molecule has 0 aliphatic carbocycles. The molecule has 2 N–H and O–H groups in total. The van der Waals surface area contributed by atoms with Crippen LogP contribution < -0.4 is 5.32 Å². The average molecular weight is 281 g/mol. The minimum Gasteiger partial charge on any atom is -0.396 e. The molecule has 19 heavy (non-hydrogen) atoms. The molecule has 1 atom stereocenters. The van der Waals surface area contributed by atoms with E-state index in [-0.39, 0.29) is 18.4 Å². The smallest absolute Gasteiger partial charge is 0.234 e. The first-order valence-electron chi connectivity index (χ1n) is 6.65. The average Bonchev–Trinajstić information content (AvgIpc) is 2.40. The Morgan fingerprint density at radius 1 is 1.47 bits per heavy atom. The summed E-state index contributed by atoms with van der Waals surface area (Å²) < 4.78 is 0. The lowest BCUT2D eigenvalue weighted by Crippen LogP contribution is -2.17. The van der Waals surface area contributed by atoms with E-state index < -0.39 is 0 Å². The van der Waals surface area contributed by atoms with Crippen molar-refractivity contribution in [1.82, 2.24) is 0 Å². The molecule has 0 aromatic heterocycles. The molecule has 0 bridgehead atoms. The van der Waals surface area contributed by atoms with Crippen molar-refractivity contribution in [3.05, 3.63) is 29.3 Å². The second kappa shape index (κ2) is 8.23. The van der Waals surface area contributed by atoms with Crippen LogP contribution in [0.15, 0.2) is 18.2 Å². The Morgan fingerprint density at radius 3 is 2.84 bits per heavy atom. The van der Waals surface area contributed by atoms with Crippen LogP contribution in [0.25, 0.3) is 0 Å². The number of carbonyl (C=O) groups is 1. The Balaban J connectivity index is 2.53. The van der Waals surface area contributed by atoms with Gasteiger partial charge in [-0.15, -0.1) is 0 Å². The lowest BCUT2D eigenvalue weighted by Gasteiger charge is -2.13. The van der Waals surface area contributed by atoms with Gasteiger partial charge in [-0.1, -0.05) is 32.0 Å². The second-order valence-electron chi connectivity index (χ2n) is 4.81. The molecule has 1 aromatic rings. The molecular weight excluding hydrogens is 258 g/mol. The Morgan fingerprint density at radius 2 is 2.21 bits per heavy atom. The summed E-state index contributed by atoms with van der Waals surface area (Å²) in [5, 5.41) is 11.9. The molecule has 1 rings (SSSR count). The number of hydrogen-bond acceptors (Lipinski definition) is 3. The Labute approximate surface area is 119 Å². The number of para-hydroxylation sites is 1. The van der Waals surface area contributed by atoms with E-state index in [1.54, 1.807) is 11.8 Å². The molecule has 1 amide bonds. The summed E-state index contributed by atoms with van der Waals surface area (Å²) in [7, 11) is 0. The minimum absolute atomic E-state index is 0.0270.